The third-order valence-corrected chi connectivity index (χ3v) is 15.8. The number of allylic oxidation sites excluding steroid dienone is 4. The van der Waals surface area contributed by atoms with Gasteiger partial charge >= 0.3 is 12.0 Å². The zero-order valence-corrected chi connectivity index (χ0v) is 28.3. The Labute approximate surface area is 266 Å². The minimum absolute atomic E-state index is 0.106. The van der Waals surface area contributed by atoms with Crippen molar-refractivity contribution in [2.75, 3.05) is 26.2 Å². The highest BCUT2D eigenvalue weighted by Gasteiger charge is 2.69. The summed E-state index contributed by atoms with van der Waals surface area (Å²) >= 11 is 0. The van der Waals surface area contributed by atoms with Gasteiger partial charge in [0.1, 0.15) is 0 Å². The van der Waals surface area contributed by atoms with Crippen LogP contribution in [0.5, 0.6) is 0 Å². The van der Waals surface area contributed by atoms with E-state index < -0.39 is 5.97 Å². The van der Waals surface area contributed by atoms with E-state index in [4.69, 9.17) is 0 Å². The van der Waals surface area contributed by atoms with E-state index >= 15 is 0 Å². The van der Waals surface area contributed by atoms with Gasteiger partial charge in [-0.15, -0.1) is 0 Å². The number of nitrogens with zero attached hydrogens (tertiary/aromatic N) is 1. The molecule has 7 aliphatic rings. The topological polar surface area (TPSA) is 81.7 Å². The molecule has 6 nitrogen and oxygen atoms in total. The molecule has 8 unspecified atom stereocenters. The van der Waals surface area contributed by atoms with Crippen molar-refractivity contribution >= 4 is 12.0 Å². The fourth-order valence-electron chi connectivity index (χ4n) is 13.5. The highest BCUT2D eigenvalue weighted by Crippen LogP contribution is 2.76. The molecule has 0 aromatic heterocycles. The Morgan fingerprint density at radius 1 is 0.955 bits per heavy atom. The van der Waals surface area contributed by atoms with E-state index in [1.54, 1.807) is 5.57 Å². The maximum absolute atomic E-state index is 12.1. The molecule has 7 rings (SSSR count). The Morgan fingerprint density at radius 2 is 1.77 bits per heavy atom. The molecule has 0 spiro atoms. The van der Waals surface area contributed by atoms with Crippen LogP contribution in [0.4, 0.5) is 4.79 Å². The van der Waals surface area contributed by atoms with Crippen molar-refractivity contribution in [1.29, 1.82) is 0 Å². The molecule has 5 fully saturated rings. The molecular formula is C38H59N3O3. The second kappa shape index (κ2) is 10.6. The minimum atomic E-state index is -0.634. The van der Waals surface area contributed by atoms with Crippen molar-refractivity contribution in [2.45, 2.75) is 124 Å². The van der Waals surface area contributed by atoms with Crippen LogP contribution in [0.1, 0.15) is 118 Å². The van der Waals surface area contributed by atoms with Crippen LogP contribution in [-0.2, 0) is 4.79 Å². The van der Waals surface area contributed by atoms with Crippen LogP contribution < -0.4 is 10.6 Å². The number of carbonyl (C=O) groups excluding carboxylic acids is 1. The zero-order chi connectivity index (χ0) is 31.1. The molecule has 3 N–H and O–H groups in total. The number of nitrogens with one attached hydrogen (secondary N) is 2. The molecule has 0 aromatic rings. The predicted molar refractivity (Wildman–Crippen MR) is 175 cm³/mol. The summed E-state index contributed by atoms with van der Waals surface area (Å²) in [6, 6.07) is 0.106. The van der Waals surface area contributed by atoms with Crippen LogP contribution in [-0.4, -0.2) is 53.7 Å². The molecule has 0 bridgehead atoms. The standard InChI is InChI=1S/C38H59N3O3/c1-34(2)27(25-8-10-26(11-9-25)32(42)43)14-17-35(3)30(34)15-18-37(5)31(35)13-12-28-29-7-6-16-38(29,20-19-36(28,37)4)40-22-24-41-23-21-39-33(41)44/h8,14,26,28-31,40H,6-7,9-13,15-24H2,1-5H3,(H,39,44)(H,42,43)/t26?,28?,29?,30?,31?,35?,36-,37?,38?/m1/s1. The SMILES string of the molecule is CC1(C)C(C2=CCC(C(=O)O)CC2)=CCC2(C)C1CCC1(C)C2CCC2C3CCCC3(NCCN3CCNC3=O)CC[C@]21C. The Morgan fingerprint density at radius 3 is 2.48 bits per heavy atom. The largest absolute Gasteiger partial charge is 0.481 e. The molecule has 9 atom stereocenters. The van der Waals surface area contributed by atoms with Gasteiger partial charge in [-0.25, -0.2) is 4.79 Å². The highest BCUT2D eigenvalue weighted by molar-refractivity contribution is 5.76. The number of hydrogen-bond donors (Lipinski definition) is 3. The van der Waals surface area contributed by atoms with E-state index in [2.05, 4.69) is 57.4 Å². The lowest BCUT2D eigenvalue weighted by Crippen LogP contribution is -2.67. The quantitative estimate of drug-likeness (QED) is 0.292. The van der Waals surface area contributed by atoms with Gasteiger partial charge < -0.3 is 20.6 Å². The molecule has 0 aromatic carbocycles. The van der Waals surface area contributed by atoms with Gasteiger partial charge in [-0.3, -0.25) is 4.79 Å². The first-order valence-electron chi connectivity index (χ1n) is 18.3. The molecule has 0 radical (unpaired) electrons. The second-order valence-corrected chi connectivity index (χ2v) is 17.6. The van der Waals surface area contributed by atoms with E-state index in [1.165, 1.54) is 69.8 Å². The fraction of sp³-hybridized carbons (Fsp3) is 0.842. The number of carboxylic acids is 1. The summed E-state index contributed by atoms with van der Waals surface area (Å²) in [6.07, 6.45) is 20.5. The van der Waals surface area contributed by atoms with Gasteiger partial charge in [-0.05, 0) is 134 Å². The van der Waals surface area contributed by atoms with Crippen molar-refractivity contribution in [2.24, 2.45) is 51.2 Å². The zero-order valence-electron chi connectivity index (χ0n) is 28.3. The van der Waals surface area contributed by atoms with Crippen LogP contribution in [0.2, 0.25) is 0 Å². The number of carbonyl (C=O) groups is 2. The van der Waals surface area contributed by atoms with E-state index in [0.29, 0.717) is 28.6 Å². The third-order valence-electron chi connectivity index (χ3n) is 15.8. The highest BCUT2D eigenvalue weighted by atomic mass is 16.4. The minimum Gasteiger partial charge on any atom is -0.481 e. The first-order valence-corrected chi connectivity index (χ1v) is 18.3. The molecule has 44 heavy (non-hydrogen) atoms. The fourth-order valence-corrected chi connectivity index (χ4v) is 13.5. The lowest BCUT2D eigenvalue weighted by molar-refractivity contribution is -0.218. The van der Waals surface area contributed by atoms with Crippen molar-refractivity contribution in [1.82, 2.24) is 15.5 Å². The molecule has 1 saturated heterocycles. The Kier molecular flexibility index (Phi) is 7.43. The van der Waals surface area contributed by atoms with Gasteiger partial charge in [-0.1, -0.05) is 53.2 Å². The predicted octanol–water partition coefficient (Wildman–Crippen LogP) is 7.56. The van der Waals surface area contributed by atoms with Crippen molar-refractivity contribution in [3.05, 3.63) is 23.3 Å². The number of rotatable bonds is 6. The number of aliphatic carboxylic acids is 1. The van der Waals surface area contributed by atoms with Gasteiger partial charge in [0.15, 0.2) is 0 Å². The summed E-state index contributed by atoms with van der Waals surface area (Å²) < 4.78 is 0. The van der Waals surface area contributed by atoms with Crippen molar-refractivity contribution in [3.8, 4) is 0 Å². The number of hydrogen-bond acceptors (Lipinski definition) is 3. The van der Waals surface area contributed by atoms with Crippen LogP contribution in [0.15, 0.2) is 23.3 Å². The van der Waals surface area contributed by atoms with Gasteiger partial charge in [0.05, 0.1) is 5.92 Å². The second-order valence-electron chi connectivity index (χ2n) is 17.6. The third kappa shape index (κ3) is 4.34. The summed E-state index contributed by atoms with van der Waals surface area (Å²) in [4.78, 5) is 25.7. The molecule has 4 saturated carbocycles. The maximum Gasteiger partial charge on any atom is 0.317 e. The van der Waals surface area contributed by atoms with Crippen LogP contribution in [0.3, 0.4) is 0 Å². The first kappa shape index (κ1) is 30.8. The lowest BCUT2D eigenvalue weighted by Gasteiger charge is -2.72. The molecular weight excluding hydrogens is 546 g/mol. The molecule has 2 amide bonds. The van der Waals surface area contributed by atoms with E-state index in [1.807, 2.05) is 4.90 Å². The van der Waals surface area contributed by atoms with Crippen LogP contribution >= 0.6 is 0 Å². The van der Waals surface area contributed by atoms with Crippen molar-refractivity contribution in [3.63, 3.8) is 0 Å². The van der Waals surface area contributed by atoms with Crippen LogP contribution in [0, 0.1) is 51.2 Å². The van der Waals surface area contributed by atoms with Gasteiger partial charge in [0.2, 0.25) is 0 Å². The first-order chi connectivity index (χ1) is 20.9. The van der Waals surface area contributed by atoms with Gasteiger partial charge in [-0.2, -0.15) is 0 Å². The monoisotopic (exact) mass is 605 g/mol. The molecule has 6 aliphatic carbocycles. The van der Waals surface area contributed by atoms with Gasteiger partial charge in [0, 0.05) is 31.7 Å². The Balaban J connectivity index is 1.12. The summed E-state index contributed by atoms with van der Waals surface area (Å²) in [5, 5.41) is 16.6. The Hall–Kier alpha value is -1.82. The number of carboxylic acid groups (broad SMARTS) is 1. The summed E-state index contributed by atoms with van der Waals surface area (Å²) in [6.45, 7) is 16.5. The molecule has 1 heterocycles. The number of fused-ring (bicyclic) bond motifs is 7. The van der Waals surface area contributed by atoms with Crippen LogP contribution in [0.25, 0.3) is 0 Å². The normalized spacial score (nSPS) is 46.2. The van der Waals surface area contributed by atoms with E-state index in [-0.39, 0.29) is 22.9 Å². The van der Waals surface area contributed by atoms with E-state index in [9.17, 15) is 14.7 Å². The van der Waals surface area contributed by atoms with E-state index in [0.717, 1.165) is 56.8 Å². The smallest absolute Gasteiger partial charge is 0.317 e. The summed E-state index contributed by atoms with van der Waals surface area (Å²) in [5.41, 5.74) is 4.43. The number of urea groups is 1. The van der Waals surface area contributed by atoms with Gasteiger partial charge in [0.25, 0.3) is 0 Å². The average molecular weight is 606 g/mol. The summed E-state index contributed by atoms with van der Waals surface area (Å²) in [7, 11) is 0. The maximum atomic E-state index is 12.1. The lowest BCUT2D eigenvalue weighted by atomic mass is 9.33. The molecule has 6 heteroatoms. The van der Waals surface area contributed by atoms with Crippen molar-refractivity contribution < 1.29 is 14.7 Å². The average Bonchev–Trinajstić information content (AvgIpc) is 3.59. The molecule has 1 aliphatic heterocycles. The Bertz CT molecular complexity index is 1260. The summed E-state index contributed by atoms with van der Waals surface area (Å²) in [5.74, 6) is 2.13. The molecule has 244 valence electrons. The number of amides is 2.